The van der Waals surface area contributed by atoms with E-state index in [1.54, 1.807) is 36.4 Å². The summed E-state index contributed by atoms with van der Waals surface area (Å²) >= 11 is 13.6. The first-order valence-corrected chi connectivity index (χ1v) is 10.6. The van der Waals surface area contributed by atoms with Crippen LogP contribution < -0.4 is 10.1 Å². The summed E-state index contributed by atoms with van der Waals surface area (Å²) in [4.78, 5) is 17.8. The van der Waals surface area contributed by atoms with Gasteiger partial charge in [0.2, 0.25) is 4.96 Å². The van der Waals surface area contributed by atoms with E-state index in [9.17, 15) is 4.79 Å². The highest BCUT2D eigenvalue weighted by molar-refractivity contribution is 7.15. The summed E-state index contributed by atoms with van der Waals surface area (Å²) in [5.41, 5.74) is 2.44. The van der Waals surface area contributed by atoms with Crippen LogP contribution in [0.2, 0.25) is 10.0 Å². The maximum atomic E-state index is 12.8. The molecule has 5 rings (SSSR count). The van der Waals surface area contributed by atoms with E-state index in [0.29, 0.717) is 42.4 Å². The van der Waals surface area contributed by atoms with Crippen LogP contribution in [0.4, 0.5) is 0 Å². The molecule has 3 aromatic heterocycles. The molecule has 8 heteroatoms. The third-order valence-corrected chi connectivity index (χ3v) is 6.08. The van der Waals surface area contributed by atoms with Gasteiger partial charge < -0.3 is 4.42 Å². The Morgan fingerprint density at radius 3 is 2.77 bits per heavy atom. The lowest BCUT2D eigenvalue weighted by atomic mass is 10.1. The van der Waals surface area contributed by atoms with Gasteiger partial charge in [0.15, 0.2) is 5.82 Å². The average molecular weight is 454 g/mol. The normalized spacial score (nSPS) is 12.2. The molecule has 2 aromatic carbocycles. The van der Waals surface area contributed by atoms with Gasteiger partial charge in [0.1, 0.15) is 16.1 Å². The van der Waals surface area contributed by atoms with Crippen LogP contribution in [-0.4, -0.2) is 14.6 Å². The van der Waals surface area contributed by atoms with Crippen LogP contribution in [0.15, 0.2) is 63.8 Å². The summed E-state index contributed by atoms with van der Waals surface area (Å²) < 4.78 is 7.67. The fourth-order valence-electron chi connectivity index (χ4n) is 3.13. The molecule has 0 N–H and O–H groups in total. The predicted molar refractivity (Wildman–Crippen MR) is 120 cm³/mol. The number of nitrogens with zero attached hydrogens (tertiary/aromatic N) is 3. The number of furan rings is 1. The molecule has 0 spiro atoms. The minimum atomic E-state index is -0.236. The van der Waals surface area contributed by atoms with E-state index in [4.69, 9.17) is 27.6 Å². The molecular weight excluding hydrogens is 441 g/mol. The standard InChI is InChI=1S/C22H13Cl2N3O2S/c1-12-3-2-4-13(9-12)20-25-22-27(26-20)21(28)19(30-22)11-15-6-8-18(29-15)16-10-14(23)5-7-17(16)24/h2-11H,1H3/b19-11-. The summed E-state index contributed by atoms with van der Waals surface area (Å²) in [6.45, 7) is 2.00. The highest BCUT2D eigenvalue weighted by Crippen LogP contribution is 2.32. The first-order chi connectivity index (χ1) is 14.5. The first kappa shape index (κ1) is 19.1. The van der Waals surface area contributed by atoms with Crippen LogP contribution in [0.5, 0.6) is 0 Å². The molecule has 0 radical (unpaired) electrons. The number of aryl methyl sites for hydroxylation is 1. The lowest BCUT2D eigenvalue weighted by Crippen LogP contribution is -2.23. The largest absolute Gasteiger partial charge is 0.457 e. The third kappa shape index (κ3) is 3.43. The fourth-order valence-corrected chi connectivity index (χ4v) is 4.40. The Morgan fingerprint density at radius 1 is 1.10 bits per heavy atom. The highest BCUT2D eigenvalue weighted by atomic mass is 35.5. The Kier molecular flexibility index (Phi) is 4.70. The van der Waals surface area contributed by atoms with E-state index < -0.39 is 0 Å². The molecule has 0 aliphatic carbocycles. The zero-order valence-electron chi connectivity index (χ0n) is 15.6. The van der Waals surface area contributed by atoms with E-state index >= 15 is 0 Å². The van der Waals surface area contributed by atoms with Gasteiger partial charge in [-0.1, -0.05) is 58.3 Å². The van der Waals surface area contributed by atoms with Gasteiger partial charge in [0.25, 0.3) is 5.56 Å². The van der Waals surface area contributed by atoms with Gasteiger partial charge in [-0.05, 0) is 43.3 Å². The van der Waals surface area contributed by atoms with Crippen LogP contribution in [0.1, 0.15) is 11.3 Å². The van der Waals surface area contributed by atoms with Gasteiger partial charge in [-0.15, -0.1) is 5.10 Å². The Morgan fingerprint density at radius 2 is 1.97 bits per heavy atom. The predicted octanol–water partition coefficient (Wildman–Crippen LogP) is 5.24. The van der Waals surface area contributed by atoms with Gasteiger partial charge in [-0.3, -0.25) is 4.79 Å². The molecular formula is C22H13Cl2N3O2S. The summed E-state index contributed by atoms with van der Waals surface area (Å²) in [6.07, 6.45) is 1.68. The number of aromatic nitrogens is 3. The molecule has 5 nitrogen and oxygen atoms in total. The Bertz CT molecular complexity index is 1520. The van der Waals surface area contributed by atoms with Crippen LogP contribution >= 0.6 is 34.5 Å². The van der Waals surface area contributed by atoms with E-state index in [-0.39, 0.29) is 5.56 Å². The Hall–Kier alpha value is -2.93. The van der Waals surface area contributed by atoms with Gasteiger partial charge in [-0.2, -0.15) is 9.50 Å². The van der Waals surface area contributed by atoms with Crippen molar-refractivity contribution in [2.75, 3.05) is 0 Å². The van der Waals surface area contributed by atoms with Crippen molar-refractivity contribution < 1.29 is 4.42 Å². The number of rotatable bonds is 3. The second kappa shape index (κ2) is 7.40. The zero-order valence-corrected chi connectivity index (χ0v) is 17.9. The third-order valence-electron chi connectivity index (χ3n) is 4.55. The summed E-state index contributed by atoms with van der Waals surface area (Å²) in [7, 11) is 0. The van der Waals surface area contributed by atoms with Crippen molar-refractivity contribution in [3.63, 3.8) is 0 Å². The van der Waals surface area contributed by atoms with Crippen LogP contribution in [0.25, 0.3) is 33.7 Å². The van der Waals surface area contributed by atoms with Gasteiger partial charge in [0.05, 0.1) is 5.02 Å². The molecule has 0 aliphatic rings. The zero-order chi connectivity index (χ0) is 20.8. The van der Waals surface area contributed by atoms with E-state index in [2.05, 4.69) is 10.1 Å². The second-order valence-corrected chi connectivity index (χ2v) is 8.59. The van der Waals surface area contributed by atoms with Crippen molar-refractivity contribution in [3.05, 3.63) is 90.9 Å². The van der Waals surface area contributed by atoms with Crippen molar-refractivity contribution in [3.8, 4) is 22.7 Å². The van der Waals surface area contributed by atoms with E-state index in [1.165, 1.54) is 15.9 Å². The number of hydrogen-bond acceptors (Lipinski definition) is 5. The number of halogens is 2. The Balaban J connectivity index is 1.53. The lowest BCUT2D eigenvalue weighted by Gasteiger charge is -2.00. The summed E-state index contributed by atoms with van der Waals surface area (Å²) in [5, 5.41) is 5.48. The van der Waals surface area contributed by atoms with Crippen molar-refractivity contribution in [2.45, 2.75) is 6.92 Å². The average Bonchev–Trinajstić information content (AvgIpc) is 3.42. The summed E-state index contributed by atoms with van der Waals surface area (Å²) in [6, 6.07) is 16.6. The number of benzene rings is 2. The van der Waals surface area contributed by atoms with Gasteiger partial charge in [-0.25, -0.2) is 0 Å². The minimum Gasteiger partial charge on any atom is -0.457 e. The molecule has 0 saturated carbocycles. The van der Waals surface area contributed by atoms with E-state index in [0.717, 1.165) is 11.1 Å². The van der Waals surface area contributed by atoms with Crippen LogP contribution in [0, 0.1) is 6.92 Å². The molecule has 5 aromatic rings. The molecule has 0 unspecified atom stereocenters. The lowest BCUT2D eigenvalue weighted by molar-refractivity contribution is 0.571. The molecule has 0 aliphatic heterocycles. The van der Waals surface area contributed by atoms with Gasteiger partial charge in [0, 0.05) is 22.2 Å². The van der Waals surface area contributed by atoms with E-state index in [1.807, 2.05) is 31.2 Å². The monoisotopic (exact) mass is 453 g/mol. The Labute approximate surface area is 184 Å². The number of hydrogen-bond donors (Lipinski definition) is 0. The van der Waals surface area contributed by atoms with Crippen LogP contribution in [0.3, 0.4) is 0 Å². The maximum absolute atomic E-state index is 12.8. The molecule has 3 heterocycles. The SMILES string of the molecule is Cc1cccc(-c2nc3s/c(=C\c4ccc(-c5cc(Cl)ccc5Cl)o4)c(=O)n3n2)c1. The fraction of sp³-hybridized carbons (Fsp3) is 0.0455. The quantitative estimate of drug-likeness (QED) is 0.374. The molecule has 30 heavy (non-hydrogen) atoms. The van der Waals surface area contributed by atoms with Crippen LogP contribution in [-0.2, 0) is 0 Å². The van der Waals surface area contributed by atoms with Crippen molar-refractivity contribution >= 4 is 45.6 Å². The minimum absolute atomic E-state index is 0.236. The smallest absolute Gasteiger partial charge is 0.291 e. The molecule has 0 amide bonds. The first-order valence-electron chi connectivity index (χ1n) is 9.01. The van der Waals surface area contributed by atoms with Crippen molar-refractivity contribution in [1.82, 2.24) is 14.6 Å². The summed E-state index contributed by atoms with van der Waals surface area (Å²) in [5.74, 6) is 1.63. The molecule has 0 saturated heterocycles. The van der Waals surface area contributed by atoms with Crippen molar-refractivity contribution in [2.24, 2.45) is 0 Å². The second-order valence-electron chi connectivity index (χ2n) is 6.74. The number of thiazole rings is 1. The molecule has 0 fully saturated rings. The highest BCUT2D eigenvalue weighted by Gasteiger charge is 2.13. The topological polar surface area (TPSA) is 60.4 Å². The number of fused-ring (bicyclic) bond motifs is 1. The maximum Gasteiger partial charge on any atom is 0.291 e. The molecule has 0 bridgehead atoms. The molecule has 148 valence electrons. The molecule has 0 atom stereocenters. The van der Waals surface area contributed by atoms with Crippen molar-refractivity contribution in [1.29, 1.82) is 0 Å². The van der Waals surface area contributed by atoms with Gasteiger partial charge >= 0.3 is 0 Å².